The molecule has 0 saturated heterocycles. The molecule has 0 aliphatic carbocycles. The third kappa shape index (κ3) is 2.13. The fourth-order valence-corrected chi connectivity index (χ4v) is 1.67. The van der Waals surface area contributed by atoms with Gasteiger partial charge in [0.15, 0.2) is 0 Å². The topological polar surface area (TPSA) is 54.7 Å². The molecule has 3 heteroatoms. The minimum Gasteiger partial charge on any atom is -0.350 e. The van der Waals surface area contributed by atoms with Gasteiger partial charge in [0.1, 0.15) is 0 Å². The van der Waals surface area contributed by atoms with E-state index >= 15 is 0 Å². The first kappa shape index (κ1) is 10.5. The van der Waals surface area contributed by atoms with Crippen LogP contribution >= 0.6 is 0 Å². The number of rotatable bonds is 3. The summed E-state index contributed by atoms with van der Waals surface area (Å²) < 4.78 is 2.04. The maximum absolute atomic E-state index is 8.97. The summed E-state index contributed by atoms with van der Waals surface area (Å²) in [5.74, 6) is 0. The van der Waals surface area contributed by atoms with Crippen LogP contribution in [0.1, 0.15) is 16.7 Å². The molecule has 0 unspecified atom stereocenters. The van der Waals surface area contributed by atoms with Gasteiger partial charge in [-0.25, -0.2) is 0 Å². The van der Waals surface area contributed by atoms with Crippen LogP contribution in [0.25, 0.3) is 0 Å². The molecule has 2 rings (SSSR count). The van der Waals surface area contributed by atoms with Gasteiger partial charge < -0.3 is 10.3 Å². The van der Waals surface area contributed by atoms with Crippen LogP contribution < -0.4 is 5.73 Å². The average molecular weight is 211 g/mol. The van der Waals surface area contributed by atoms with E-state index in [-0.39, 0.29) is 0 Å². The first-order valence-corrected chi connectivity index (χ1v) is 5.16. The average Bonchev–Trinajstić information content (AvgIpc) is 2.77. The molecule has 0 aliphatic heterocycles. The van der Waals surface area contributed by atoms with Crippen LogP contribution in [0, 0.1) is 11.3 Å². The fourth-order valence-electron chi connectivity index (χ4n) is 1.67. The molecule has 1 aromatic heterocycles. The largest absolute Gasteiger partial charge is 0.350 e. The summed E-state index contributed by atoms with van der Waals surface area (Å²) in [4.78, 5) is 0. The molecule has 0 aliphatic rings. The van der Waals surface area contributed by atoms with Gasteiger partial charge in [-0.3, -0.25) is 0 Å². The SMILES string of the molecule is N#Cc1ccccc1Cn1ccc(CN)c1. The van der Waals surface area contributed by atoms with Crippen molar-refractivity contribution >= 4 is 0 Å². The molecule has 0 bridgehead atoms. The van der Waals surface area contributed by atoms with E-state index in [1.54, 1.807) is 0 Å². The van der Waals surface area contributed by atoms with Crippen molar-refractivity contribution in [2.24, 2.45) is 5.73 Å². The van der Waals surface area contributed by atoms with Crippen LogP contribution in [0.5, 0.6) is 0 Å². The standard InChI is InChI=1S/C13H13N3/c14-7-11-5-6-16(9-11)10-13-4-2-1-3-12(13)8-15/h1-6,9H,7,10,14H2. The minimum absolute atomic E-state index is 0.549. The summed E-state index contributed by atoms with van der Waals surface area (Å²) in [6.45, 7) is 1.26. The summed E-state index contributed by atoms with van der Waals surface area (Å²) >= 11 is 0. The Labute approximate surface area is 94.7 Å². The molecular weight excluding hydrogens is 198 g/mol. The van der Waals surface area contributed by atoms with Crippen LogP contribution in [0.2, 0.25) is 0 Å². The zero-order chi connectivity index (χ0) is 11.4. The summed E-state index contributed by atoms with van der Waals surface area (Å²) in [6.07, 6.45) is 3.99. The van der Waals surface area contributed by atoms with Crippen molar-refractivity contribution in [1.82, 2.24) is 4.57 Å². The third-order valence-corrected chi connectivity index (χ3v) is 2.54. The molecule has 0 fully saturated rings. The molecule has 16 heavy (non-hydrogen) atoms. The number of hydrogen-bond acceptors (Lipinski definition) is 2. The molecular formula is C13H13N3. The van der Waals surface area contributed by atoms with Crippen molar-refractivity contribution in [3.63, 3.8) is 0 Å². The smallest absolute Gasteiger partial charge is 0.0995 e. The van der Waals surface area contributed by atoms with Crippen molar-refractivity contribution in [2.45, 2.75) is 13.1 Å². The highest BCUT2D eigenvalue weighted by molar-refractivity contribution is 5.37. The number of aromatic nitrogens is 1. The van der Waals surface area contributed by atoms with Gasteiger partial charge in [-0.05, 0) is 23.3 Å². The Morgan fingerprint density at radius 1 is 1.25 bits per heavy atom. The van der Waals surface area contributed by atoms with Crippen molar-refractivity contribution in [3.8, 4) is 6.07 Å². The van der Waals surface area contributed by atoms with Crippen LogP contribution in [0.3, 0.4) is 0 Å². The quantitative estimate of drug-likeness (QED) is 0.842. The monoisotopic (exact) mass is 211 g/mol. The lowest BCUT2D eigenvalue weighted by Gasteiger charge is -2.04. The lowest BCUT2D eigenvalue weighted by atomic mass is 10.1. The van der Waals surface area contributed by atoms with Gasteiger partial charge in [0.25, 0.3) is 0 Å². The van der Waals surface area contributed by atoms with Gasteiger partial charge in [0.05, 0.1) is 11.6 Å². The van der Waals surface area contributed by atoms with Crippen molar-refractivity contribution < 1.29 is 0 Å². The molecule has 2 N–H and O–H groups in total. The lowest BCUT2D eigenvalue weighted by molar-refractivity contribution is 0.799. The third-order valence-electron chi connectivity index (χ3n) is 2.54. The van der Waals surface area contributed by atoms with Crippen LogP contribution in [-0.4, -0.2) is 4.57 Å². The van der Waals surface area contributed by atoms with Gasteiger partial charge in [-0.2, -0.15) is 5.26 Å². The minimum atomic E-state index is 0.549. The predicted molar refractivity (Wildman–Crippen MR) is 62.6 cm³/mol. The predicted octanol–water partition coefficient (Wildman–Crippen LogP) is 1.87. The second kappa shape index (κ2) is 4.65. The number of nitrogens with two attached hydrogens (primary N) is 1. The van der Waals surface area contributed by atoms with Crippen molar-refractivity contribution in [2.75, 3.05) is 0 Å². The first-order chi connectivity index (χ1) is 7.83. The number of nitriles is 1. The Bertz CT molecular complexity index is 520. The van der Waals surface area contributed by atoms with E-state index in [0.29, 0.717) is 13.1 Å². The molecule has 2 aromatic rings. The van der Waals surface area contributed by atoms with Gasteiger partial charge in [-0.15, -0.1) is 0 Å². The number of nitrogens with zero attached hydrogens (tertiary/aromatic N) is 2. The molecule has 0 saturated carbocycles. The normalized spacial score (nSPS) is 10.0. The molecule has 0 spiro atoms. The Balaban J connectivity index is 2.24. The van der Waals surface area contributed by atoms with Gasteiger partial charge in [0.2, 0.25) is 0 Å². The number of hydrogen-bond donors (Lipinski definition) is 1. The zero-order valence-corrected chi connectivity index (χ0v) is 8.93. The lowest BCUT2D eigenvalue weighted by Crippen LogP contribution is -1.99. The van der Waals surface area contributed by atoms with Crippen molar-refractivity contribution in [3.05, 3.63) is 59.4 Å². The Morgan fingerprint density at radius 2 is 2.06 bits per heavy atom. The fraction of sp³-hybridized carbons (Fsp3) is 0.154. The second-order valence-corrected chi connectivity index (χ2v) is 3.67. The van der Waals surface area contributed by atoms with Gasteiger partial charge >= 0.3 is 0 Å². The van der Waals surface area contributed by atoms with Crippen LogP contribution in [0.15, 0.2) is 42.7 Å². The highest BCUT2D eigenvalue weighted by Gasteiger charge is 2.01. The Kier molecular flexibility index (Phi) is 3.04. The van der Waals surface area contributed by atoms with Crippen LogP contribution in [-0.2, 0) is 13.1 Å². The zero-order valence-electron chi connectivity index (χ0n) is 8.93. The van der Waals surface area contributed by atoms with E-state index in [2.05, 4.69) is 6.07 Å². The van der Waals surface area contributed by atoms with E-state index in [0.717, 1.165) is 16.7 Å². The van der Waals surface area contributed by atoms with Crippen molar-refractivity contribution in [1.29, 1.82) is 5.26 Å². The molecule has 0 atom stereocenters. The van der Waals surface area contributed by atoms with E-state index in [1.807, 2.05) is 47.3 Å². The second-order valence-electron chi connectivity index (χ2n) is 3.67. The molecule has 0 radical (unpaired) electrons. The van der Waals surface area contributed by atoms with Gasteiger partial charge in [0, 0.05) is 25.5 Å². The van der Waals surface area contributed by atoms with E-state index in [4.69, 9.17) is 11.0 Å². The van der Waals surface area contributed by atoms with E-state index in [1.165, 1.54) is 0 Å². The number of benzene rings is 1. The van der Waals surface area contributed by atoms with Crippen LogP contribution in [0.4, 0.5) is 0 Å². The molecule has 1 aromatic carbocycles. The molecule has 3 nitrogen and oxygen atoms in total. The Morgan fingerprint density at radius 3 is 2.75 bits per heavy atom. The maximum Gasteiger partial charge on any atom is 0.0995 e. The first-order valence-electron chi connectivity index (χ1n) is 5.16. The highest BCUT2D eigenvalue weighted by atomic mass is 14.9. The maximum atomic E-state index is 8.97. The molecule has 1 heterocycles. The highest BCUT2D eigenvalue weighted by Crippen LogP contribution is 2.10. The Hall–Kier alpha value is -2.05. The van der Waals surface area contributed by atoms with E-state index < -0.39 is 0 Å². The summed E-state index contributed by atoms with van der Waals surface area (Å²) in [5, 5.41) is 8.97. The molecule has 80 valence electrons. The summed E-state index contributed by atoms with van der Waals surface area (Å²) in [5.41, 5.74) is 8.41. The van der Waals surface area contributed by atoms with Gasteiger partial charge in [-0.1, -0.05) is 18.2 Å². The molecule has 0 amide bonds. The summed E-state index contributed by atoms with van der Waals surface area (Å²) in [6, 6.07) is 11.8. The summed E-state index contributed by atoms with van der Waals surface area (Å²) in [7, 11) is 0. The van der Waals surface area contributed by atoms with E-state index in [9.17, 15) is 0 Å².